The monoisotopic (exact) mass is 478 g/mol. The number of ether oxygens (including phenoxy) is 3. The normalized spacial score (nSPS) is 14.6. The number of nitrogens with zero attached hydrogens (tertiary/aromatic N) is 2. The van der Waals surface area contributed by atoms with Gasteiger partial charge in [0.25, 0.3) is 5.91 Å². The lowest BCUT2D eigenvalue weighted by molar-refractivity contribution is -0.137. The van der Waals surface area contributed by atoms with Gasteiger partial charge in [0.2, 0.25) is 0 Å². The van der Waals surface area contributed by atoms with Gasteiger partial charge in [-0.05, 0) is 55.0 Å². The number of phenolic OH excluding ortho intramolecular Hbond substituents is 1. The zero-order chi connectivity index (χ0) is 24.0. The number of anilines is 1. The molecule has 0 aliphatic carbocycles. The van der Waals surface area contributed by atoms with Gasteiger partial charge < -0.3 is 19.3 Å². The van der Waals surface area contributed by atoms with Crippen molar-refractivity contribution in [1.82, 2.24) is 0 Å². The summed E-state index contributed by atoms with van der Waals surface area (Å²) in [4.78, 5) is 30.4. The fourth-order valence-electron chi connectivity index (χ4n) is 2.83. The van der Waals surface area contributed by atoms with Crippen molar-refractivity contribution in [2.45, 2.75) is 13.5 Å². The van der Waals surface area contributed by atoms with Crippen LogP contribution in [0.1, 0.15) is 12.5 Å². The molecule has 174 valence electrons. The molecule has 2 aromatic rings. The van der Waals surface area contributed by atoms with Crippen LogP contribution in [-0.4, -0.2) is 48.2 Å². The average molecular weight is 478 g/mol. The number of aromatic hydroxyl groups is 1. The SMILES string of the molecule is CCOc1cc(/C=C2\N=C(SCC(=O)OC)N(c3ccc(OC(F)F)cc3)C2=O)ccc1O. The quantitative estimate of drug-likeness (QED) is 0.452. The van der Waals surface area contributed by atoms with Gasteiger partial charge in [0, 0.05) is 0 Å². The number of aliphatic imine (C=N–C) groups is 1. The summed E-state index contributed by atoms with van der Waals surface area (Å²) in [5.74, 6) is -0.934. The van der Waals surface area contributed by atoms with Crippen molar-refractivity contribution in [2.24, 2.45) is 4.99 Å². The number of hydrogen-bond acceptors (Lipinski definition) is 8. The van der Waals surface area contributed by atoms with E-state index in [1.165, 1.54) is 48.4 Å². The first-order valence-corrected chi connectivity index (χ1v) is 10.7. The van der Waals surface area contributed by atoms with Crippen LogP contribution in [0.25, 0.3) is 6.08 Å². The van der Waals surface area contributed by atoms with Crippen LogP contribution in [0.15, 0.2) is 53.2 Å². The molecular weight excluding hydrogens is 458 g/mol. The van der Waals surface area contributed by atoms with Gasteiger partial charge in [-0.2, -0.15) is 8.78 Å². The van der Waals surface area contributed by atoms with Gasteiger partial charge in [-0.15, -0.1) is 0 Å². The first-order chi connectivity index (χ1) is 15.8. The molecule has 2 aromatic carbocycles. The second-order valence-electron chi connectivity index (χ2n) is 6.46. The van der Waals surface area contributed by atoms with Crippen LogP contribution in [0.5, 0.6) is 17.2 Å². The Bertz CT molecular complexity index is 1090. The average Bonchev–Trinajstić information content (AvgIpc) is 3.09. The van der Waals surface area contributed by atoms with Crippen LogP contribution >= 0.6 is 11.8 Å². The van der Waals surface area contributed by atoms with Gasteiger partial charge in [-0.3, -0.25) is 14.5 Å². The predicted molar refractivity (Wildman–Crippen MR) is 120 cm³/mol. The molecule has 0 atom stereocenters. The molecule has 33 heavy (non-hydrogen) atoms. The summed E-state index contributed by atoms with van der Waals surface area (Å²) in [6.45, 7) is -0.855. The molecule has 11 heteroatoms. The molecule has 0 saturated carbocycles. The first-order valence-electron chi connectivity index (χ1n) is 9.67. The standard InChI is InChI=1S/C22H20F2N2O6S/c1-3-31-18-11-13(4-9-17(18)27)10-16-20(29)26(22(25-16)33-12-19(28)30-2)14-5-7-15(8-6-14)32-21(23)24/h4-11,21,27H,3,12H2,1-2H3/b16-10-. The third-order valence-electron chi connectivity index (χ3n) is 4.28. The Hall–Kier alpha value is -3.60. The molecule has 0 spiro atoms. The Morgan fingerprint density at radius 2 is 1.97 bits per heavy atom. The van der Waals surface area contributed by atoms with E-state index in [9.17, 15) is 23.5 Å². The number of rotatable bonds is 8. The van der Waals surface area contributed by atoms with Gasteiger partial charge in [0.15, 0.2) is 16.7 Å². The highest BCUT2D eigenvalue weighted by atomic mass is 32.2. The van der Waals surface area contributed by atoms with E-state index in [1.807, 2.05) is 0 Å². The van der Waals surface area contributed by atoms with E-state index in [4.69, 9.17) is 4.74 Å². The number of phenols is 1. The van der Waals surface area contributed by atoms with E-state index in [1.54, 1.807) is 19.1 Å². The van der Waals surface area contributed by atoms with Crippen molar-refractivity contribution in [2.75, 3.05) is 24.4 Å². The van der Waals surface area contributed by atoms with E-state index >= 15 is 0 Å². The van der Waals surface area contributed by atoms with E-state index < -0.39 is 18.5 Å². The van der Waals surface area contributed by atoms with Crippen LogP contribution in [0.4, 0.5) is 14.5 Å². The molecular formula is C22H20F2N2O6S. The van der Waals surface area contributed by atoms with Crippen LogP contribution in [0.3, 0.4) is 0 Å². The molecule has 8 nitrogen and oxygen atoms in total. The van der Waals surface area contributed by atoms with Gasteiger partial charge in [-0.1, -0.05) is 17.8 Å². The highest BCUT2D eigenvalue weighted by Gasteiger charge is 2.32. The number of carbonyl (C=O) groups excluding carboxylic acids is 2. The molecule has 0 unspecified atom stereocenters. The van der Waals surface area contributed by atoms with Crippen LogP contribution in [0, 0.1) is 0 Å². The lowest BCUT2D eigenvalue weighted by Crippen LogP contribution is -2.30. The van der Waals surface area contributed by atoms with Crippen molar-refractivity contribution in [3.8, 4) is 17.2 Å². The number of thioether (sulfide) groups is 1. The molecule has 0 aromatic heterocycles. The van der Waals surface area contributed by atoms with Crippen molar-refractivity contribution in [1.29, 1.82) is 0 Å². The van der Waals surface area contributed by atoms with Gasteiger partial charge in [0.1, 0.15) is 11.4 Å². The minimum Gasteiger partial charge on any atom is -0.504 e. The molecule has 1 N–H and O–H groups in total. The number of alkyl halides is 2. The Morgan fingerprint density at radius 1 is 1.24 bits per heavy atom. The van der Waals surface area contributed by atoms with E-state index in [2.05, 4.69) is 14.5 Å². The van der Waals surface area contributed by atoms with Gasteiger partial charge in [-0.25, -0.2) is 4.99 Å². The Morgan fingerprint density at radius 3 is 2.61 bits per heavy atom. The fraction of sp³-hybridized carbons (Fsp3) is 0.227. The summed E-state index contributed by atoms with van der Waals surface area (Å²) in [6, 6.07) is 10.1. The molecule has 3 rings (SSSR count). The number of amidine groups is 1. The Labute approximate surface area is 192 Å². The molecule has 1 amide bonds. The zero-order valence-corrected chi connectivity index (χ0v) is 18.5. The maximum absolute atomic E-state index is 13.2. The zero-order valence-electron chi connectivity index (χ0n) is 17.7. The maximum Gasteiger partial charge on any atom is 0.387 e. The van der Waals surface area contributed by atoms with Crippen molar-refractivity contribution < 1.29 is 37.7 Å². The van der Waals surface area contributed by atoms with E-state index in [0.717, 1.165) is 11.8 Å². The molecule has 0 radical (unpaired) electrons. The number of amides is 1. The largest absolute Gasteiger partial charge is 0.504 e. The van der Waals surface area contributed by atoms with Crippen LogP contribution in [0.2, 0.25) is 0 Å². The van der Waals surface area contributed by atoms with Gasteiger partial charge in [0.05, 0.1) is 25.2 Å². The number of hydrogen-bond donors (Lipinski definition) is 1. The van der Waals surface area contributed by atoms with Crippen LogP contribution in [-0.2, 0) is 14.3 Å². The maximum atomic E-state index is 13.2. The minimum absolute atomic E-state index is 0.0395. The number of halogens is 2. The molecule has 1 aliphatic heterocycles. The van der Waals surface area contributed by atoms with Gasteiger partial charge >= 0.3 is 12.6 Å². The third-order valence-corrected chi connectivity index (χ3v) is 5.20. The minimum atomic E-state index is -2.97. The molecule has 0 fully saturated rings. The summed E-state index contributed by atoms with van der Waals surface area (Å²) in [6.07, 6.45) is 1.51. The molecule has 1 aliphatic rings. The lowest BCUT2D eigenvalue weighted by Gasteiger charge is -2.18. The molecule has 1 heterocycles. The topological polar surface area (TPSA) is 97.7 Å². The highest BCUT2D eigenvalue weighted by molar-refractivity contribution is 8.14. The lowest BCUT2D eigenvalue weighted by atomic mass is 10.1. The number of esters is 1. The number of carbonyl (C=O) groups is 2. The molecule has 0 bridgehead atoms. The summed E-state index contributed by atoms with van der Waals surface area (Å²) >= 11 is 0.990. The third kappa shape index (κ3) is 6.01. The second kappa shape index (κ2) is 10.8. The van der Waals surface area contributed by atoms with Crippen molar-refractivity contribution in [3.63, 3.8) is 0 Å². The van der Waals surface area contributed by atoms with Crippen LogP contribution < -0.4 is 14.4 Å². The number of methoxy groups -OCH3 is 1. The number of benzene rings is 2. The highest BCUT2D eigenvalue weighted by Crippen LogP contribution is 2.32. The Kier molecular flexibility index (Phi) is 7.88. The van der Waals surface area contributed by atoms with E-state index in [0.29, 0.717) is 17.9 Å². The molecule has 0 saturated heterocycles. The van der Waals surface area contributed by atoms with Crippen molar-refractivity contribution >= 4 is 40.6 Å². The second-order valence-corrected chi connectivity index (χ2v) is 7.40. The summed E-state index contributed by atoms with van der Waals surface area (Å²) in [7, 11) is 1.25. The van der Waals surface area contributed by atoms with E-state index in [-0.39, 0.29) is 33.9 Å². The van der Waals surface area contributed by atoms with Crippen molar-refractivity contribution in [3.05, 3.63) is 53.7 Å². The summed E-state index contributed by atoms with van der Waals surface area (Å²) in [5.41, 5.74) is 0.980. The predicted octanol–water partition coefficient (Wildman–Crippen LogP) is 4.04. The summed E-state index contributed by atoms with van der Waals surface area (Å²) < 4.78 is 39.2. The smallest absolute Gasteiger partial charge is 0.387 e. The Balaban J connectivity index is 1.93. The fourth-order valence-corrected chi connectivity index (χ4v) is 3.67. The summed E-state index contributed by atoms with van der Waals surface area (Å²) in [5, 5.41) is 10.1. The first kappa shape index (κ1) is 24.1.